The number of aryl methyl sites for hydroxylation is 1. The maximum Gasteiger partial charge on any atom is 0.348 e. The van der Waals surface area contributed by atoms with Crippen molar-refractivity contribution < 1.29 is 23.7 Å². The maximum atomic E-state index is 12.6. The topological polar surface area (TPSA) is 90.5 Å². The van der Waals surface area contributed by atoms with Crippen LogP contribution in [0.4, 0.5) is 5.69 Å². The molecule has 0 amide bonds. The van der Waals surface area contributed by atoms with Gasteiger partial charge in [0.15, 0.2) is 11.5 Å². The van der Waals surface area contributed by atoms with Crippen molar-refractivity contribution in [3.63, 3.8) is 0 Å². The van der Waals surface area contributed by atoms with E-state index >= 15 is 0 Å². The van der Waals surface area contributed by atoms with Crippen LogP contribution < -0.4 is 19.8 Å². The molecule has 7 nitrogen and oxygen atoms in total. The number of nitrogens with zero attached hydrogens (tertiary/aromatic N) is 1. The molecule has 0 aliphatic carbocycles. The number of para-hydroxylation sites is 1. The van der Waals surface area contributed by atoms with Crippen molar-refractivity contribution in [2.24, 2.45) is 4.99 Å². The van der Waals surface area contributed by atoms with E-state index in [1.54, 1.807) is 40.0 Å². The average molecular weight is 454 g/mol. The van der Waals surface area contributed by atoms with Crippen molar-refractivity contribution in [2.75, 3.05) is 21.3 Å². The molecule has 0 unspecified atom stereocenters. The van der Waals surface area contributed by atoms with Crippen LogP contribution in [0.2, 0.25) is 0 Å². The van der Waals surface area contributed by atoms with Gasteiger partial charge in [-0.05, 0) is 36.8 Å². The van der Waals surface area contributed by atoms with E-state index in [0.717, 1.165) is 16.1 Å². The number of ether oxygens (including phenoxy) is 3. The van der Waals surface area contributed by atoms with Crippen molar-refractivity contribution in [3.8, 4) is 23.0 Å². The van der Waals surface area contributed by atoms with E-state index in [-0.39, 0.29) is 16.6 Å². The lowest BCUT2D eigenvalue weighted by Crippen LogP contribution is -2.17. The number of aromatic hydroxyl groups is 1. The minimum Gasteiger partial charge on any atom is -0.507 e. The molecule has 2 aromatic carbocycles. The second-order valence-electron chi connectivity index (χ2n) is 7.20. The summed E-state index contributed by atoms with van der Waals surface area (Å²) in [7, 11) is 4.69. The van der Waals surface area contributed by atoms with Crippen molar-refractivity contribution in [1.29, 1.82) is 0 Å². The Hall–Kier alpha value is -3.39. The van der Waals surface area contributed by atoms with Gasteiger partial charge >= 0.3 is 5.63 Å². The first-order valence-electron chi connectivity index (χ1n) is 9.92. The van der Waals surface area contributed by atoms with Gasteiger partial charge in [-0.15, -0.1) is 11.8 Å². The number of thioether (sulfide) groups is 1. The molecule has 0 bridgehead atoms. The molecule has 1 aliphatic heterocycles. The Morgan fingerprint density at radius 2 is 1.75 bits per heavy atom. The van der Waals surface area contributed by atoms with Crippen LogP contribution in [0.5, 0.6) is 23.0 Å². The highest BCUT2D eigenvalue weighted by atomic mass is 32.2. The first-order chi connectivity index (χ1) is 15.4. The zero-order valence-electron chi connectivity index (χ0n) is 18.2. The molecule has 0 saturated heterocycles. The van der Waals surface area contributed by atoms with Crippen molar-refractivity contribution in [3.05, 3.63) is 69.8 Å². The van der Waals surface area contributed by atoms with E-state index in [1.807, 2.05) is 36.4 Å². The molecule has 0 radical (unpaired) electrons. The standard InChI is InChI=1S/C24H23NO6S/c1-13-9-17(26)22(24(27)31-13)16-12-21(32-20-8-6-5-7-15(20)25-16)14-10-18(28-2)23(30-4)19(11-14)29-3/h5-11,21,26H,12H2,1-4H3/t21-/m0/s1. The third-order valence-corrected chi connectivity index (χ3v) is 6.49. The summed E-state index contributed by atoms with van der Waals surface area (Å²) >= 11 is 1.62. The van der Waals surface area contributed by atoms with Gasteiger partial charge in [-0.1, -0.05) is 12.1 Å². The SMILES string of the molecule is COc1cc([C@@H]2CC(c3c(O)cc(C)oc3=O)=Nc3ccccc3S2)cc(OC)c1OC. The Morgan fingerprint density at radius 1 is 1.06 bits per heavy atom. The first-order valence-corrected chi connectivity index (χ1v) is 10.8. The van der Waals surface area contributed by atoms with Gasteiger partial charge in [0, 0.05) is 22.6 Å². The van der Waals surface area contributed by atoms with Crippen LogP contribution in [-0.2, 0) is 0 Å². The summed E-state index contributed by atoms with van der Waals surface area (Å²) in [6, 6.07) is 12.9. The van der Waals surface area contributed by atoms with E-state index in [9.17, 15) is 9.90 Å². The summed E-state index contributed by atoms with van der Waals surface area (Å²) in [6.45, 7) is 1.61. The molecular weight excluding hydrogens is 430 g/mol. The molecule has 1 N–H and O–H groups in total. The molecule has 0 saturated carbocycles. The van der Waals surface area contributed by atoms with E-state index < -0.39 is 5.63 Å². The summed E-state index contributed by atoms with van der Waals surface area (Å²) in [5.74, 6) is 1.77. The predicted octanol–water partition coefficient (Wildman–Crippen LogP) is 5.04. The third kappa shape index (κ3) is 4.05. The quantitative estimate of drug-likeness (QED) is 0.579. The molecular formula is C24H23NO6S. The Morgan fingerprint density at radius 3 is 2.38 bits per heavy atom. The van der Waals surface area contributed by atoms with Crippen LogP contribution in [-0.4, -0.2) is 32.1 Å². The fraction of sp³-hybridized carbons (Fsp3) is 0.250. The summed E-state index contributed by atoms with van der Waals surface area (Å²) in [5.41, 5.74) is 1.54. The molecule has 166 valence electrons. The smallest absolute Gasteiger partial charge is 0.348 e. The second-order valence-corrected chi connectivity index (χ2v) is 8.44. The number of methoxy groups -OCH3 is 3. The summed E-state index contributed by atoms with van der Waals surface area (Å²) in [6.07, 6.45) is 0.374. The van der Waals surface area contributed by atoms with Crippen LogP contribution in [0.3, 0.4) is 0 Å². The molecule has 1 aliphatic rings. The summed E-state index contributed by atoms with van der Waals surface area (Å²) in [5, 5.41) is 10.4. The molecule has 1 aromatic heterocycles. The first kappa shape index (κ1) is 21.8. The lowest BCUT2D eigenvalue weighted by molar-refractivity contribution is 0.324. The number of aliphatic imine (C=N–C) groups is 1. The highest BCUT2D eigenvalue weighted by molar-refractivity contribution is 7.99. The van der Waals surface area contributed by atoms with Gasteiger partial charge in [-0.2, -0.15) is 0 Å². The maximum absolute atomic E-state index is 12.6. The molecule has 32 heavy (non-hydrogen) atoms. The Bertz CT molecular complexity index is 1220. The van der Waals surface area contributed by atoms with Crippen LogP contribution >= 0.6 is 11.8 Å². The molecule has 2 heterocycles. The molecule has 8 heteroatoms. The monoisotopic (exact) mass is 453 g/mol. The van der Waals surface area contributed by atoms with E-state index in [0.29, 0.717) is 35.1 Å². The third-order valence-electron chi connectivity index (χ3n) is 5.17. The van der Waals surface area contributed by atoms with E-state index in [1.165, 1.54) is 6.07 Å². The normalized spacial score (nSPS) is 15.4. The van der Waals surface area contributed by atoms with Crippen LogP contribution in [0.1, 0.15) is 28.6 Å². The lowest BCUT2D eigenvalue weighted by atomic mass is 10.0. The van der Waals surface area contributed by atoms with Gasteiger partial charge in [-0.3, -0.25) is 4.99 Å². The summed E-state index contributed by atoms with van der Waals surface area (Å²) < 4.78 is 21.8. The minimum absolute atomic E-state index is 0.0744. The number of benzene rings is 2. The van der Waals surface area contributed by atoms with Gasteiger partial charge in [-0.25, -0.2) is 4.79 Å². The number of hydrogen-bond acceptors (Lipinski definition) is 8. The highest BCUT2D eigenvalue weighted by Gasteiger charge is 2.28. The van der Waals surface area contributed by atoms with Crippen molar-refractivity contribution >= 4 is 23.2 Å². The largest absolute Gasteiger partial charge is 0.507 e. The molecule has 1 atom stereocenters. The fourth-order valence-electron chi connectivity index (χ4n) is 3.70. The van der Waals surface area contributed by atoms with Crippen LogP contribution in [0.25, 0.3) is 0 Å². The van der Waals surface area contributed by atoms with Crippen molar-refractivity contribution in [2.45, 2.75) is 23.5 Å². The predicted molar refractivity (Wildman–Crippen MR) is 123 cm³/mol. The lowest BCUT2D eigenvalue weighted by Gasteiger charge is -2.20. The van der Waals surface area contributed by atoms with Crippen LogP contribution in [0, 0.1) is 6.92 Å². The second kappa shape index (κ2) is 9.00. The number of rotatable bonds is 5. The van der Waals surface area contributed by atoms with Crippen molar-refractivity contribution in [1.82, 2.24) is 0 Å². The molecule has 0 spiro atoms. The Kier molecular flexibility index (Phi) is 6.14. The highest BCUT2D eigenvalue weighted by Crippen LogP contribution is 2.49. The fourth-order valence-corrected chi connectivity index (χ4v) is 4.91. The molecule has 3 aromatic rings. The van der Waals surface area contributed by atoms with Gasteiger partial charge in [0.05, 0.1) is 32.7 Å². The van der Waals surface area contributed by atoms with Gasteiger partial charge in [0.25, 0.3) is 0 Å². The number of fused-ring (bicyclic) bond motifs is 1. The average Bonchev–Trinajstić information content (AvgIpc) is 2.96. The van der Waals surface area contributed by atoms with Gasteiger partial charge in [0.1, 0.15) is 17.1 Å². The van der Waals surface area contributed by atoms with Gasteiger partial charge in [0.2, 0.25) is 5.75 Å². The van der Waals surface area contributed by atoms with Crippen LogP contribution in [0.15, 0.2) is 61.6 Å². The van der Waals surface area contributed by atoms with E-state index in [4.69, 9.17) is 23.6 Å². The minimum atomic E-state index is -0.616. The Balaban J connectivity index is 1.88. The Labute approximate surface area is 189 Å². The van der Waals surface area contributed by atoms with E-state index in [2.05, 4.69) is 0 Å². The van der Waals surface area contributed by atoms with Gasteiger partial charge < -0.3 is 23.7 Å². The zero-order valence-corrected chi connectivity index (χ0v) is 19.0. The zero-order chi connectivity index (χ0) is 22.8. The number of hydrogen-bond donors (Lipinski definition) is 1. The molecule has 4 rings (SSSR count). The molecule has 0 fully saturated rings. The summed E-state index contributed by atoms with van der Waals surface area (Å²) in [4.78, 5) is 18.3.